The summed E-state index contributed by atoms with van der Waals surface area (Å²) in [7, 11) is 0. The topological polar surface area (TPSA) is 61.7 Å². The third-order valence-corrected chi connectivity index (χ3v) is 2.47. The van der Waals surface area contributed by atoms with E-state index in [1.54, 1.807) is 13.8 Å². The molecule has 0 unspecified atom stereocenters. The first kappa shape index (κ1) is 11.7. The van der Waals surface area contributed by atoms with Gasteiger partial charge >= 0.3 is 6.18 Å². The van der Waals surface area contributed by atoms with Gasteiger partial charge in [-0.3, -0.25) is 4.57 Å². The summed E-state index contributed by atoms with van der Waals surface area (Å²) >= 11 is 0. The molecule has 0 aromatic carbocycles. The minimum Gasteiger partial charge on any atom is -0.369 e. The van der Waals surface area contributed by atoms with E-state index < -0.39 is 12.7 Å². The molecule has 5 nitrogen and oxygen atoms in total. The number of fused-ring (bicyclic) bond motifs is 1. The van der Waals surface area contributed by atoms with Crippen LogP contribution in [-0.4, -0.2) is 25.5 Å². The summed E-state index contributed by atoms with van der Waals surface area (Å²) in [6, 6.07) is 0. The Hall–Kier alpha value is -1.73. The Bertz CT molecular complexity index is 551. The van der Waals surface area contributed by atoms with Gasteiger partial charge in [-0.05, 0) is 13.8 Å². The second kappa shape index (κ2) is 3.64. The molecule has 0 spiro atoms. The van der Waals surface area contributed by atoms with Crippen LogP contribution in [0.25, 0.3) is 11.2 Å². The molecular weight excluding hydrogens is 235 g/mol. The maximum Gasteiger partial charge on any atom is 0.406 e. The van der Waals surface area contributed by atoms with Gasteiger partial charge in [-0.15, -0.1) is 0 Å². The average molecular weight is 247 g/mol. The monoisotopic (exact) mass is 247 g/mol. The third kappa shape index (κ3) is 1.94. The van der Waals surface area contributed by atoms with Gasteiger partial charge in [-0.2, -0.15) is 18.3 Å². The van der Waals surface area contributed by atoms with Gasteiger partial charge in [0.2, 0.25) is 5.95 Å². The largest absolute Gasteiger partial charge is 0.406 e. The molecule has 0 bridgehead atoms. The van der Waals surface area contributed by atoms with Crippen LogP contribution in [0, 0.1) is 6.92 Å². The van der Waals surface area contributed by atoms with Crippen molar-refractivity contribution in [3.63, 3.8) is 0 Å². The molecule has 0 saturated heterocycles. The zero-order valence-corrected chi connectivity index (χ0v) is 9.41. The Morgan fingerprint density at radius 3 is 2.53 bits per heavy atom. The number of nitrogen functional groups attached to an aromatic ring is 1. The maximum absolute atomic E-state index is 12.4. The van der Waals surface area contributed by atoms with Crippen LogP contribution in [0.15, 0.2) is 0 Å². The Morgan fingerprint density at radius 1 is 1.35 bits per heavy atom. The molecule has 0 fully saturated rings. The van der Waals surface area contributed by atoms with Crippen LogP contribution in [0.1, 0.15) is 12.6 Å². The predicted octanol–water partition coefficient (Wildman–Crippen LogP) is 1.71. The summed E-state index contributed by atoms with van der Waals surface area (Å²) < 4.78 is 39.7. The second-order valence-corrected chi connectivity index (χ2v) is 3.74. The SMILES string of the molecule is CCn1nc(C)c2nc(N)n(CC(F)(F)F)c21. The fourth-order valence-electron chi connectivity index (χ4n) is 1.80. The van der Waals surface area contributed by atoms with E-state index in [1.807, 2.05) is 0 Å². The number of hydrogen-bond donors (Lipinski definition) is 1. The first-order valence-electron chi connectivity index (χ1n) is 5.09. The van der Waals surface area contributed by atoms with Crippen LogP contribution in [0.3, 0.4) is 0 Å². The number of anilines is 1. The van der Waals surface area contributed by atoms with E-state index in [1.165, 1.54) is 4.68 Å². The van der Waals surface area contributed by atoms with Crippen molar-refractivity contribution >= 4 is 17.1 Å². The summed E-state index contributed by atoms with van der Waals surface area (Å²) in [4.78, 5) is 3.92. The Labute approximate surface area is 95.0 Å². The van der Waals surface area contributed by atoms with Crippen LogP contribution in [-0.2, 0) is 13.1 Å². The van der Waals surface area contributed by atoms with E-state index in [2.05, 4.69) is 10.1 Å². The van der Waals surface area contributed by atoms with Crippen molar-refractivity contribution in [2.24, 2.45) is 0 Å². The van der Waals surface area contributed by atoms with Gasteiger partial charge in [-0.25, -0.2) is 9.67 Å². The normalized spacial score (nSPS) is 12.5. The molecule has 0 amide bonds. The molecule has 0 saturated carbocycles. The molecule has 0 aliphatic heterocycles. The van der Waals surface area contributed by atoms with E-state index in [9.17, 15) is 13.2 Å². The number of nitrogens with zero attached hydrogens (tertiary/aromatic N) is 4. The molecule has 0 radical (unpaired) electrons. The number of nitrogens with two attached hydrogens (primary N) is 1. The molecule has 0 atom stereocenters. The van der Waals surface area contributed by atoms with Crippen LogP contribution in [0.4, 0.5) is 19.1 Å². The number of hydrogen-bond acceptors (Lipinski definition) is 3. The van der Waals surface area contributed by atoms with E-state index >= 15 is 0 Å². The van der Waals surface area contributed by atoms with Crippen molar-refractivity contribution in [1.29, 1.82) is 0 Å². The van der Waals surface area contributed by atoms with Gasteiger partial charge in [0.25, 0.3) is 0 Å². The van der Waals surface area contributed by atoms with Gasteiger partial charge in [0.05, 0.1) is 5.69 Å². The van der Waals surface area contributed by atoms with Crippen molar-refractivity contribution in [2.45, 2.75) is 33.1 Å². The van der Waals surface area contributed by atoms with Crippen molar-refractivity contribution in [3.8, 4) is 0 Å². The highest BCUT2D eigenvalue weighted by molar-refractivity contribution is 5.77. The van der Waals surface area contributed by atoms with Gasteiger partial charge in [0, 0.05) is 6.54 Å². The van der Waals surface area contributed by atoms with Crippen molar-refractivity contribution in [1.82, 2.24) is 19.3 Å². The van der Waals surface area contributed by atoms with E-state index in [4.69, 9.17) is 5.73 Å². The zero-order valence-electron chi connectivity index (χ0n) is 9.41. The standard InChI is InChI=1S/C9H12F3N5/c1-3-17-7-6(5(2)15-17)14-8(13)16(7)4-9(10,11)12/h3-4H2,1-2H3,(H2,13,14). The quantitative estimate of drug-likeness (QED) is 0.878. The van der Waals surface area contributed by atoms with E-state index in [-0.39, 0.29) is 5.95 Å². The summed E-state index contributed by atoms with van der Waals surface area (Å²) in [5.41, 5.74) is 6.83. The minimum absolute atomic E-state index is 0.139. The molecule has 0 aliphatic rings. The lowest BCUT2D eigenvalue weighted by Gasteiger charge is -2.10. The van der Waals surface area contributed by atoms with Gasteiger partial charge in [0.15, 0.2) is 5.65 Å². The molecule has 2 heterocycles. The lowest BCUT2D eigenvalue weighted by molar-refractivity contribution is -0.139. The third-order valence-electron chi connectivity index (χ3n) is 2.47. The van der Waals surface area contributed by atoms with Crippen LogP contribution in [0.5, 0.6) is 0 Å². The highest BCUT2D eigenvalue weighted by atomic mass is 19.4. The van der Waals surface area contributed by atoms with Crippen molar-refractivity contribution in [2.75, 3.05) is 5.73 Å². The molecule has 17 heavy (non-hydrogen) atoms. The molecule has 2 N–H and O–H groups in total. The highest BCUT2D eigenvalue weighted by Crippen LogP contribution is 2.26. The predicted molar refractivity (Wildman–Crippen MR) is 56.4 cm³/mol. The fourth-order valence-corrected chi connectivity index (χ4v) is 1.80. The van der Waals surface area contributed by atoms with Crippen LogP contribution >= 0.6 is 0 Å². The number of aromatic nitrogens is 4. The summed E-state index contributed by atoms with van der Waals surface area (Å²) in [6.07, 6.45) is -4.33. The summed E-state index contributed by atoms with van der Waals surface area (Å²) in [6.45, 7) is 2.81. The number of rotatable bonds is 2. The number of imidazole rings is 1. The summed E-state index contributed by atoms with van der Waals surface area (Å²) in [5.74, 6) is -0.139. The van der Waals surface area contributed by atoms with Crippen LogP contribution < -0.4 is 5.73 Å². The van der Waals surface area contributed by atoms with Crippen molar-refractivity contribution in [3.05, 3.63) is 5.69 Å². The average Bonchev–Trinajstić information content (AvgIpc) is 2.66. The Morgan fingerprint density at radius 2 is 2.00 bits per heavy atom. The van der Waals surface area contributed by atoms with E-state index in [0.717, 1.165) is 4.57 Å². The second-order valence-electron chi connectivity index (χ2n) is 3.74. The van der Waals surface area contributed by atoms with E-state index in [0.29, 0.717) is 23.4 Å². The molecule has 8 heteroatoms. The number of alkyl halides is 3. The molecule has 2 rings (SSSR count). The van der Waals surface area contributed by atoms with Crippen LogP contribution in [0.2, 0.25) is 0 Å². The molecular formula is C9H12F3N5. The first-order chi connectivity index (χ1) is 7.83. The number of halogens is 3. The Balaban J connectivity index is 2.64. The first-order valence-corrected chi connectivity index (χ1v) is 5.09. The molecule has 2 aromatic rings. The molecule has 0 aliphatic carbocycles. The summed E-state index contributed by atoms with van der Waals surface area (Å²) in [5, 5.41) is 4.11. The smallest absolute Gasteiger partial charge is 0.369 e. The van der Waals surface area contributed by atoms with Gasteiger partial charge in [-0.1, -0.05) is 0 Å². The van der Waals surface area contributed by atoms with Gasteiger partial charge < -0.3 is 5.73 Å². The molecule has 94 valence electrons. The molecule has 2 aromatic heterocycles. The lowest BCUT2D eigenvalue weighted by atomic mass is 10.4. The number of aryl methyl sites for hydroxylation is 2. The minimum atomic E-state index is -4.33. The fraction of sp³-hybridized carbons (Fsp3) is 0.556. The zero-order chi connectivity index (χ0) is 12.8. The van der Waals surface area contributed by atoms with Gasteiger partial charge in [0.1, 0.15) is 12.1 Å². The lowest BCUT2D eigenvalue weighted by Crippen LogP contribution is -2.20. The van der Waals surface area contributed by atoms with Crippen molar-refractivity contribution < 1.29 is 13.2 Å². The maximum atomic E-state index is 12.4. The Kier molecular flexibility index (Phi) is 2.52. The highest BCUT2D eigenvalue weighted by Gasteiger charge is 2.31.